The maximum atomic E-state index is 14.6. The third kappa shape index (κ3) is 5.87. The molecule has 3 fully saturated rings. The van der Waals surface area contributed by atoms with Crippen molar-refractivity contribution in [1.29, 1.82) is 0 Å². The molecular formula is C36H45N3O7. The molecule has 3 amide bonds. The lowest BCUT2D eigenvalue weighted by molar-refractivity contribution is -0.178. The molecule has 0 spiro atoms. The van der Waals surface area contributed by atoms with E-state index in [9.17, 15) is 19.2 Å². The minimum atomic E-state index is -1.24. The summed E-state index contributed by atoms with van der Waals surface area (Å²) in [6, 6.07) is 14.1. The van der Waals surface area contributed by atoms with Crippen LogP contribution in [-0.4, -0.2) is 90.7 Å². The second kappa shape index (κ2) is 13.4. The molecule has 1 aliphatic carbocycles. The molecule has 246 valence electrons. The fourth-order valence-electron chi connectivity index (χ4n) is 8.01. The number of hydrogen-bond donors (Lipinski definition) is 0. The van der Waals surface area contributed by atoms with E-state index >= 15 is 0 Å². The van der Waals surface area contributed by atoms with Crippen molar-refractivity contribution in [2.75, 3.05) is 39.9 Å². The topological polar surface area (TPSA) is 106 Å². The minimum Gasteiger partial charge on any atom is -0.468 e. The summed E-state index contributed by atoms with van der Waals surface area (Å²) in [7, 11) is 1.37. The summed E-state index contributed by atoms with van der Waals surface area (Å²) in [5, 5.41) is 2.10. The van der Waals surface area contributed by atoms with Crippen molar-refractivity contribution in [3.05, 3.63) is 59.8 Å². The summed E-state index contributed by atoms with van der Waals surface area (Å²) in [6.45, 7) is 5.66. The van der Waals surface area contributed by atoms with Crippen LogP contribution in [-0.2, 0) is 35.1 Å². The number of esters is 1. The zero-order chi connectivity index (χ0) is 32.4. The van der Waals surface area contributed by atoms with Gasteiger partial charge in [-0.1, -0.05) is 55.3 Å². The quantitative estimate of drug-likeness (QED) is 0.401. The number of piperidine rings is 1. The Morgan fingerprint density at radius 3 is 2.39 bits per heavy atom. The third-order valence-electron chi connectivity index (χ3n) is 10.5. The summed E-state index contributed by atoms with van der Waals surface area (Å²) in [5.41, 5.74) is 0.361. The van der Waals surface area contributed by atoms with Crippen LogP contribution in [0.1, 0.15) is 57.9 Å². The van der Waals surface area contributed by atoms with E-state index in [0.717, 1.165) is 42.0 Å². The molecule has 4 atom stereocenters. The fraction of sp³-hybridized carbons (Fsp3) is 0.556. The van der Waals surface area contributed by atoms with Gasteiger partial charge in [0.05, 0.1) is 32.5 Å². The summed E-state index contributed by atoms with van der Waals surface area (Å²) < 4.78 is 17.2. The van der Waals surface area contributed by atoms with Gasteiger partial charge in [-0.3, -0.25) is 14.4 Å². The van der Waals surface area contributed by atoms with Gasteiger partial charge in [0, 0.05) is 44.2 Å². The van der Waals surface area contributed by atoms with Crippen LogP contribution in [0.3, 0.4) is 0 Å². The van der Waals surface area contributed by atoms with Crippen molar-refractivity contribution < 1.29 is 33.4 Å². The average Bonchev–Trinajstić information content (AvgIpc) is 3.62. The van der Waals surface area contributed by atoms with Crippen molar-refractivity contribution in [3.63, 3.8) is 0 Å². The Morgan fingerprint density at radius 1 is 0.978 bits per heavy atom. The van der Waals surface area contributed by atoms with Gasteiger partial charge >= 0.3 is 12.1 Å². The molecule has 2 saturated heterocycles. The summed E-state index contributed by atoms with van der Waals surface area (Å²) in [5.74, 6) is -1.22. The predicted molar refractivity (Wildman–Crippen MR) is 171 cm³/mol. The normalized spacial score (nSPS) is 26.9. The van der Waals surface area contributed by atoms with E-state index < -0.39 is 23.4 Å². The maximum absolute atomic E-state index is 14.6. The Kier molecular flexibility index (Phi) is 9.36. The molecule has 46 heavy (non-hydrogen) atoms. The first-order valence-corrected chi connectivity index (χ1v) is 16.7. The molecule has 3 heterocycles. The van der Waals surface area contributed by atoms with E-state index in [0.29, 0.717) is 44.4 Å². The number of benzene rings is 2. The van der Waals surface area contributed by atoms with Crippen molar-refractivity contribution in [1.82, 2.24) is 14.7 Å². The highest BCUT2D eigenvalue weighted by atomic mass is 16.6. The first-order chi connectivity index (χ1) is 22.3. The zero-order valence-electron chi connectivity index (χ0n) is 27.1. The maximum Gasteiger partial charge on any atom is 0.409 e. The van der Waals surface area contributed by atoms with Gasteiger partial charge in [-0.25, -0.2) is 4.79 Å². The van der Waals surface area contributed by atoms with E-state index in [2.05, 4.69) is 0 Å². The number of likely N-dealkylation sites (tertiary alicyclic amines) is 1. The van der Waals surface area contributed by atoms with E-state index in [1.54, 1.807) is 21.6 Å². The first kappa shape index (κ1) is 32.0. The van der Waals surface area contributed by atoms with Gasteiger partial charge in [0.25, 0.3) is 0 Å². The van der Waals surface area contributed by atoms with Gasteiger partial charge < -0.3 is 28.9 Å². The summed E-state index contributed by atoms with van der Waals surface area (Å²) in [6.07, 6.45) is 5.32. The molecule has 0 N–H and O–H groups in total. The number of carbonyl (C=O) groups excluding carboxylic acids is 4. The van der Waals surface area contributed by atoms with E-state index in [1.165, 1.54) is 7.11 Å². The summed E-state index contributed by atoms with van der Waals surface area (Å²) in [4.78, 5) is 59.5. The van der Waals surface area contributed by atoms with Crippen LogP contribution in [0.4, 0.5) is 4.79 Å². The molecule has 2 aromatic rings. The molecule has 0 aromatic heterocycles. The van der Waals surface area contributed by atoms with E-state index in [1.807, 2.05) is 55.5 Å². The van der Waals surface area contributed by atoms with Crippen LogP contribution in [0.2, 0.25) is 0 Å². The van der Waals surface area contributed by atoms with E-state index in [4.69, 9.17) is 14.2 Å². The van der Waals surface area contributed by atoms with Gasteiger partial charge in [0.1, 0.15) is 5.41 Å². The lowest BCUT2D eigenvalue weighted by Gasteiger charge is -2.52. The largest absolute Gasteiger partial charge is 0.468 e. The molecule has 0 radical (unpaired) electrons. The first-order valence-electron chi connectivity index (χ1n) is 16.7. The molecule has 10 nitrogen and oxygen atoms in total. The van der Waals surface area contributed by atoms with Crippen LogP contribution < -0.4 is 0 Å². The highest BCUT2D eigenvalue weighted by Gasteiger charge is 2.60. The van der Waals surface area contributed by atoms with Gasteiger partial charge in [-0.15, -0.1) is 0 Å². The minimum absolute atomic E-state index is 0.0466. The summed E-state index contributed by atoms with van der Waals surface area (Å²) >= 11 is 0. The molecule has 1 saturated carbocycles. The molecule has 4 aliphatic rings. The second-order valence-corrected chi connectivity index (χ2v) is 13.0. The highest BCUT2D eigenvalue weighted by molar-refractivity contribution is 5.93. The Bertz CT molecular complexity index is 1500. The highest BCUT2D eigenvalue weighted by Crippen LogP contribution is 2.52. The van der Waals surface area contributed by atoms with Crippen molar-refractivity contribution in [2.24, 2.45) is 17.3 Å². The van der Waals surface area contributed by atoms with Crippen molar-refractivity contribution >= 4 is 34.6 Å². The average molecular weight is 632 g/mol. The lowest BCUT2D eigenvalue weighted by Crippen LogP contribution is -2.60. The van der Waals surface area contributed by atoms with Crippen LogP contribution in [0.25, 0.3) is 10.8 Å². The molecule has 2 aromatic carbocycles. The number of ether oxygens (including phenoxy) is 3. The Labute approximate surface area is 270 Å². The number of piperazine rings is 1. The molecule has 10 heteroatoms. The molecule has 6 rings (SSSR count). The van der Waals surface area contributed by atoms with Gasteiger partial charge in [-0.2, -0.15) is 0 Å². The smallest absolute Gasteiger partial charge is 0.409 e. The number of fused-ring (bicyclic) bond motifs is 2. The Hall–Kier alpha value is -3.92. The number of rotatable bonds is 7. The molecular weight excluding hydrogens is 586 g/mol. The van der Waals surface area contributed by atoms with Gasteiger partial charge in [-0.05, 0) is 61.4 Å². The van der Waals surface area contributed by atoms with Crippen LogP contribution >= 0.6 is 0 Å². The Morgan fingerprint density at radius 2 is 1.67 bits per heavy atom. The van der Waals surface area contributed by atoms with E-state index in [-0.39, 0.29) is 43.4 Å². The monoisotopic (exact) mass is 631 g/mol. The predicted octanol–water partition coefficient (Wildman–Crippen LogP) is 4.90. The number of nitrogens with zero attached hydrogens (tertiary/aromatic N) is 3. The third-order valence-corrected chi connectivity index (χ3v) is 10.5. The number of hydrogen-bond acceptors (Lipinski definition) is 7. The SMILES string of the molecule is CCOC(=O)N1CCN(C(=O)C[C@H]2C[C@@]3(C(=O)OC)C(=C[C@H](C4CCCC4)O[C@@H]3C)N(Cc3cccc4ccccc34)C2=O)CC1. The van der Waals surface area contributed by atoms with Crippen LogP contribution in [0.15, 0.2) is 54.2 Å². The fourth-order valence-corrected chi connectivity index (χ4v) is 8.01. The number of carbonyl (C=O) groups is 4. The van der Waals surface area contributed by atoms with Crippen LogP contribution in [0.5, 0.6) is 0 Å². The van der Waals surface area contributed by atoms with Crippen LogP contribution in [0, 0.1) is 17.3 Å². The lowest BCUT2D eigenvalue weighted by atomic mass is 9.66. The molecule has 3 aliphatic heterocycles. The second-order valence-electron chi connectivity index (χ2n) is 13.0. The zero-order valence-corrected chi connectivity index (χ0v) is 27.1. The standard InChI is InChI=1S/C36H45N3O7/c1-4-45-35(43)38-18-16-37(17-19-38)32(40)20-28-22-36(34(42)44-3)24(2)46-30(26-11-5-6-12-26)21-31(36)39(33(28)41)23-27-14-9-13-25-10-7-8-15-29(25)27/h7-10,13-15,21,24,26,28,30H,4-6,11-12,16-20,22-23H2,1-3H3/t24-,28+,30-,36+/m1/s1. The number of methoxy groups -OCH3 is 1. The molecule has 0 bridgehead atoms. The van der Waals surface area contributed by atoms with Gasteiger partial charge in [0.15, 0.2) is 0 Å². The Balaban J connectivity index is 1.34. The van der Waals surface area contributed by atoms with Gasteiger partial charge in [0.2, 0.25) is 11.8 Å². The van der Waals surface area contributed by atoms with Crippen molar-refractivity contribution in [3.8, 4) is 0 Å². The molecule has 0 unspecified atom stereocenters. The number of amides is 3. The van der Waals surface area contributed by atoms with Crippen molar-refractivity contribution in [2.45, 2.75) is 71.1 Å².